The first-order valence-electron chi connectivity index (χ1n) is 4.02. The molecule has 0 amide bonds. The molecule has 1 heterocycles. The van der Waals surface area contributed by atoms with Gasteiger partial charge >= 0.3 is 0 Å². The smallest absolute Gasteiger partial charge is 0.179 e. The zero-order valence-electron chi connectivity index (χ0n) is 6.85. The molecule has 0 radical (unpaired) electrons. The highest BCUT2D eigenvalue weighted by atomic mass is 79.9. The Labute approximate surface area is 89.9 Å². The number of hydrogen-bond donors (Lipinski definition) is 0. The molecule has 4 heteroatoms. The fourth-order valence-corrected chi connectivity index (χ4v) is 2.03. The van der Waals surface area contributed by atoms with Gasteiger partial charge in [0.15, 0.2) is 11.5 Å². The van der Waals surface area contributed by atoms with Gasteiger partial charge in [-0.05, 0) is 12.1 Å². The zero-order chi connectivity index (χ0) is 9.26. The molecule has 0 unspecified atom stereocenters. The lowest BCUT2D eigenvalue weighted by atomic mass is 10.3. The molecule has 0 bridgehead atoms. The summed E-state index contributed by atoms with van der Waals surface area (Å²) in [5.74, 6) is 1.37. The molecule has 0 aromatic heterocycles. The van der Waals surface area contributed by atoms with Crippen LogP contribution in [0, 0.1) is 0 Å². The summed E-state index contributed by atoms with van der Waals surface area (Å²) < 4.78 is 11.8. The van der Waals surface area contributed by atoms with Crippen LogP contribution in [-0.2, 0) is 0 Å². The number of benzene rings is 1. The molecular formula is C9H8BrClO2. The van der Waals surface area contributed by atoms with E-state index < -0.39 is 0 Å². The molecule has 0 N–H and O–H groups in total. The second-order valence-electron chi connectivity index (χ2n) is 2.77. The zero-order valence-corrected chi connectivity index (χ0v) is 9.19. The standard InChI is InChI=1S/C9H8BrClO2/c10-6-4-7(11)9-8(5-6)12-2-1-3-13-9/h4-5H,1-3H2. The van der Waals surface area contributed by atoms with Gasteiger partial charge in [-0.15, -0.1) is 0 Å². The highest BCUT2D eigenvalue weighted by Gasteiger charge is 2.14. The molecule has 1 aliphatic heterocycles. The van der Waals surface area contributed by atoms with Crippen molar-refractivity contribution in [3.63, 3.8) is 0 Å². The Morgan fingerprint density at radius 2 is 2.00 bits per heavy atom. The van der Waals surface area contributed by atoms with Crippen molar-refractivity contribution in [1.82, 2.24) is 0 Å². The van der Waals surface area contributed by atoms with Crippen molar-refractivity contribution in [3.05, 3.63) is 21.6 Å². The van der Waals surface area contributed by atoms with Gasteiger partial charge in [0.2, 0.25) is 0 Å². The van der Waals surface area contributed by atoms with E-state index in [0.29, 0.717) is 24.0 Å². The normalized spacial score (nSPS) is 15.2. The Hall–Kier alpha value is -0.410. The van der Waals surface area contributed by atoms with Crippen LogP contribution in [0.5, 0.6) is 11.5 Å². The maximum absolute atomic E-state index is 5.98. The van der Waals surface area contributed by atoms with Crippen LogP contribution in [0.2, 0.25) is 5.02 Å². The fourth-order valence-electron chi connectivity index (χ4n) is 1.20. The van der Waals surface area contributed by atoms with Crippen LogP contribution in [0.3, 0.4) is 0 Å². The molecule has 0 saturated carbocycles. The third-order valence-electron chi connectivity index (χ3n) is 1.77. The first-order chi connectivity index (χ1) is 6.27. The second-order valence-corrected chi connectivity index (χ2v) is 4.09. The molecule has 0 spiro atoms. The quantitative estimate of drug-likeness (QED) is 0.715. The van der Waals surface area contributed by atoms with E-state index in [9.17, 15) is 0 Å². The summed E-state index contributed by atoms with van der Waals surface area (Å²) in [6, 6.07) is 3.67. The predicted molar refractivity (Wildman–Crippen MR) is 54.8 cm³/mol. The predicted octanol–water partition coefficient (Wildman–Crippen LogP) is 3.26. The maximum Gasteiger partial charge on any atom is 0.179 e. The molecule has 1 aromatic carbocycles. The Kier molecular flexibility index (Phi) is 2.65. The van der Waals surface area contributed by atoms with Gasteiger partial charge in [-0.2, -0.15) is 0 Å². The van der Waals surface area contributed by atoms with Crippen LogP contribution in [0.4, 0.5) is 0 Å². The molecule has 0 aliphatic carbocycles. The Bertz CT molecular complexity index is 328. The average molecular weight is 264 g/mol. The molecule has 0 atom stereocenters. The first kappa shape index (κ1) is 9.16. The van der Waals surface area contributed by atoms with Gasteiger partial charge in [-0.3, -0.25) is 0 Å². The van der Waals surface area contributed by atoms with E-state index >= 15 is 0 Å². The van der Waals surface area contributed by atoms with Crippen LogP contribution < -0.4 is 9.47 Å². The van der Waals surface area contributed by atoms with Crippen LogP contribution in [0.15, 0.2) is 16.6 Å². The Morgan fingerprint density at radius 1 is 1.23 bits per heavy atom. The van der Waals surface area contributed by atoms with Gasteiger partial charge in [0.1, 0.15) is 0 Å². The number of fused-ring (bicyclic) bond motifs is 1. The minimum Gasteiger partial charge on any atom is -0.489 e. The van der Waals surface area contributed by atoms with Gasteiger partial charge in [-0.1, -0.05) is 27.5 Å². The van der Waals surface area contributed by atoms with Gasteiger partial charge < -0.3 is 9.47 Å². The van der Waals surface area contributed by atoms with E-state index in [4.69, 9.17) is 21.1 Å². The van der Waals surface area contributed by atoms with E-state index in [2.05, 4.69) is 15.9 Å². The number of halogens is 2. The largest absolute Gasteiger partial charge is 0.489 e. The molecule has 70 valence electrons. The van der Waals surface area contributed by atoms with Crippen molar-refractivity contribution in [2.45, 2.75) is 6.42 Å². The molecule has 0 saturated heterocycles. The third-order valence-corrected chi connectivity index (χ3v) is 2.51. The summed E-state index contributed by atoms with van der Waals surface area (Å²) in [6.45, 7) is 1.34. The summed E-state index contributed by atoms with van der Waals surface area (Å²) in [6.07, 6.45) is 0.891. The topological polar surface area (TPSA) is 18.5 Å². The summed E-state index contributed by atoms with van der Waals surface area (Å²) in [5.41, 5.74) is 0. The van der Waals surface area contributed by atoms with Crippen LogP contribution in [-0.4, -0.2) is 13.2 Å². The van der Waals surface area contributed by atoms with E-state index in [-0.39, 0.29) is 0 Å². The summed E-state index contributed by atoms with van der Waals surface area (Å²) in [5, 5.41) is 0.589. The van der Waals surface area contributed by atoms with E-state index in [0.717, 1.165) is 16.6 Å². The highest BCUT2D eigenvalue weighted by Crippen LogP contribution is 2.39. The Morgan fingerprint density at radius 3 is 2.85 bits per heavy atom. The molecule has 2 rings (SSSR count). The van der Waals surface area contributed by atoms with Crippen LogP contribution >= 0.6 is 27.5 Å². The van der Waals surface area contributed by atoms with Crippen molar-refractivity contribution >= 4 is 27.5 Å². The van der Waals surface area contributed by atoms with E-state index in [1.54, 1.807) is 6.07 Å². The van der Waals surface area contributed by atoms with E-state index in [1.165, 1.54) is 0 Å². The van der Waals surface area contributed by atoms with Crippen molar-refractivity contribution < 1.29 is 9.47 Å². The van der Waals surface area contributed by atoms with Gasteiger partial charge in [0.25, 0.3) is 0 Å². The number of hydrogen-bond acceptors (Lipinski definition) is 2. The summed E-state index contributed by atoms with van der Waals surface area (Å²) >= 11 is 9.33. The average Bonchev–Trinajstić information content (AvgIpc) is 2.28. The maximum atomic E-state index is 5.98. The monoisotopic (exact) mass is 262 g/mol. The highest BCUT2D eigenvalue weighted by molar-refractivity contribution is 9.10. The van der Waals surface area contributed by atoms with Crippen molar-refractivity contribution in [3.8, 4) is 11.5 Å². The number of rotatable bonds is 0. The molecule has 1 aliphatic rings. The molecule has 13 heavy (non-hydrogen) atoms. The molecule has 1 aromatic rings. The van der Waals surface area contributed by atoms with Crippen molar-refractivity contribution in [2.24, 2.45) is 0 Å². The third kappa shape index (κ3) is 1.92. The van der Waals surface area contributed by atoms with Crippen LogP contribution in [0.25, 0.3) is 0 Å². The molecule has 2 nitrogen and oxygen atoms in total. The van der Waals surface area contributed by atoms with Crippen molar-refractivity contribution in [2.75, 3.05) is 13.2 Å². The minimum absolute atomic E-state index is 0.589. The SMILES string of the molecule is Clc1cc(Br)cc2c1OCCCO2. The van der Waals surface area contributed by atoms with E-state index in [1.807, 2.05) is 6.07 Å². The first-order valence-corrected chi connectivity index (χ1v) is 5.19. The summed E-state index contributed by atoms with van der Waals surface area (Å²) in [7, 11) is 0. The molecule has 0 fully saturated rings. The fraction of sp³-hybridized carbons (Fsp3) is 0.333. The Balaban J connectivity index is 2.47. The second kappa shape index (κ2) is 3.76. The number of ether oxygens (including phenoxy) is 2. The lowest BCUT2D eigenvalue weighted by molar-refractivity contribution is 0.297. The van der Waals surface area contributed by atoms with Gasteiger partial charge in [-0.25, -0.2) is 0 Å². The lowest BCUT2D eigenvalue weighted by Crippen LogP contribution is -1.97. The van der Waals surface area contributed by atoms with Gasteiger partial charge in [0.05, 0.1) is 18.2 Å². The lowest BCUT2D eigenvalue weighted by Gasteiger charge is -2.08. The minimum atomic E-state index is 0.589. The van der Waals surface area contributed by atoms with Gasteiger partial charge in [0, 0.05) is 10.9 Å². The molecular weight excluding hydrogens is 255 g/mol. The van der Waals surface area contributed by atoms with Crippen LogP contribution in [0.1, 0.15) is 6.42 Å². The van der Waals surface area contributed by atoms with Crippen molar-refractivity contribution in [1.29, 1.82) is 0 Å². The summed E-state index contributed by atoms with van der Waals surface area (Å²) in [4.78, 5) is 0.